The van der Waals surface area contributed by atoms with Crippen LogP contribution in [0, 0.1) is 18.3 Å². The van der Waals surface area contributed by atoms with Crippen LogP contribution in [-0.4, -0.2) is 12.2 Å². The predicted molar refractivity (Wildman–Crippen MR) is 56.9 cm³/mol. The molecule has 0 amide bonds. The summed E-state index contributed by atoms with van der Waals surface area (Å²) in [5.41, 5.74) is 6.64. The van der Waals surface area contributed by atoms with E-state index in [-0.39, 0.29) is 0 Å². The van der Waals surface area contributed by atoms with Crippen molar-refractivity contribution >= 4 is 34.3 Å². The molecule has 2 N–H and O–H groups in total. The lowest BCUT2D eigenvalue weighted by molar-refractivity contribution is 0.417. The van der Waals surface area contributed by atoms with Crippen molar-refractivity contribution in [3.8, 4) is 6.07 Å². The summed E-state index contributed by atoms with van der Waals surface area (Å²) in [6.45, 7) is 1.83. The number of nitrogens with two attached hydrogens (primary N) is 1. The van der Waals surface area contributed by atoms with Crippen LogP contribution in [0.25, 0.3) is 0 Å². The van der Waals surface area contributed by atoms with Crippen LogP contribution < -0.4 is 5.73 Å². The predicted octanol–water partition coefficient (Wildman–Crippen LogP) is 1.83. The van der Waals surface area contributed by atoms with Crippen molar-refractivity contribution in [2.75, 3.05) is 12.8 Å². The molecule has 1 aromatic rings. The maximum absolute atomic E-state index is 8.76. The molecule has 1 rings (SSSR count). The molecule has 0 atom stereocenters. The number of anilines is 1. The Bertz CT molecular complexity index is 390. The summed E-state index contributed by atoms with van der Waals surface area (Å²) in [4.78, 5) is 1.54. The Balaban J connectivity index is 3.28. The van der Waals surface area contributed by atoms with Crippen molar-refractivity contribution < 1.29 is 4.74 Å². The zero-order valence-corrected chi connectivity index (χ0v) is 8.88. The number of hydrogen-bond donors (Lipinski definition) is 1. The smallest absolute Gasteiger partial charge is 0.203 e. The molecule has 3 nitrogen and oxygen atoms in total. The molecule has 0 bridgehead atoms. The first-order chi connectivity index (χ1) is 6.11. The van der Waals surface area contributed by atoms with Gasteiger partial charge in [0.1, 0.15) is 10.9 Å². The Morgan fingerprint density at radius 1 is 1.69 bits per heavy atom. The van der Waals surface area contributed by atoms with E-state index >= 15 is 0 Å². The molecule has 0 aliphatic heterocycles. The number of nitrogens with zero attached hydrogens (tertiary/aromatic N) is 1. The number of ether oxygens (including phenoxy) is 1. The third-order valence-corrected chi connectivity index (χ3v) is 3.22. The summed E-state index contributed by atoms with van der Waals surface area (Å²) in [6, 6.07) is 2.03. The highest BCUT2D eigenvalue weighted by Gasteiger charge is 2.16. The van der Waals surface area contributed by atoms with Crippen LogP contribution in [0.5, 0.6) is 0 Å². The minimum atomic E-state index is 0.340. The molecule has 0 fully saturated rings. The number of hydrogen-bond acceptors (Lipinski definition) is 5. The first kappa shape index (κ1) is 9.96. The van der Waals surface area contributed by atoms with Crippen LogP contribution in [0.3, 0.4) is 0 Å². The topological polar surface area (TPSA) is 59.0 Å². The van der Waals surface area contributed by atoms with Crippen molar-refractivity contribution in [2.24, 2.45) is 0 Å². The number of thiophene rings is 1. The molecule has 0 saturated carbocycles. The Morgan fingerprint density at radius 2 is 2.31 bits per heavy atom. The van der Waals surface area contributed by atoms with Crippen molar-refractivity contribution in [2.45, 2.75) is 6.92 Å². The Morgan fingerprint density at radius 3 is 2.69 bits per heavy atom. The molecular weight excluding hydrogens is 204 g/mol. The monoisotopic (exact) mass is 212 g/mol. The summed E-state index contributed by atoms with van der Waals surface area (Å²) in [5, 5.41) is 9.10. The lowest BCUT2D eigenvalue weighted by atomic mass is 10.2. The third-order valence-electron chi connectivity index (χ3n) is 1.60. The third kappa shape index (κ3) is 1.64. The van der Waals surface area contributed by atoms with Crippen molar-refractivity contribution in [3.05, 3.63) is 15.3 Å². The number of thiocarbonyl (C=S) groups is 1. The summed E-state index contributed by atoms with van der Waals surface area (Å²) in [7, 11) is 1.49. The Hall–Kier alpha value is -1.12. The SMILES string of the molecule is COC(=S)c1sc(C)c(C#N)c1N. The molecule has 1 aromatic heterocycles. The lowest BCUT2D eigenvalue weighted by Gasteiger charge is -1.98. The van der Waals surface area contributed by atoms with Gasteiger partial charge < -0.3 is 10.5 Å². The van der Waals surface area contributed by atoms with Crippen LogP contribution in [0.1, 0.15) is 15.3 Å². The first-order valence-electron chi connectivity index (χ1n) is 3.49. The molecule has 1 heterocycles. The molecule has 0 aliphatic rings. The first-order valence-corrected chi connectivity index (χ1v) is 4.71. The van der Waals surface area contributed by atoms with E-state index in [1.54, 1.807) is 0 Å². The largest absolute Gasteiger partial charge is 0.486 e. The van der Waals surface area contributed by atoms with E-state index in [0.717, 1.165) is 4.88 Å². The zero-order chi connectivity index (χ0) is 10.0. The van der Waals surface area contributed by atoms with Crippen LogP contribution in [0.2, 0.25) is 0 Å². The average molecular weight is 212 g/mol. The maximum Gasteiger partial charge on any atom is 0.203 e. The normalized spacial score (nSPS) is 9.31. The Labute approximate surface area is 85.7 Å². The van der Waals surface area contributed by atoms with Gasteiger partial charge in [0.25, 0.3) is 0 Å². The van der Waals surface area contributed by atoms with Gasteiger partial charge in [-0.25, -0.2) is 0 Å². The van der Waals surface area contributed by atoms with Crippen molar-refractivity contribution in [1.82, 2.24) is 0 Å². The maximum atomic E-state index is 8.76. The van der Waals surface area contributed by atoms with Gasteiger partial charge in [-0.2, -0.15) is 5.26 Å². The molecule has 0 saturated heterocycles. The quantitative estimate of drug-likeness (QED) is 0.721. The number of methoxy groups -OCH3 is 1. The van der Waals surface area contributed by atoms with Gasteiger partial charge in [-0.1, -0.05) is 0 Å². The fraction of sp³-hybridized carbons (Fsp3) is 0.250. The Kier molecular flexibility index (Phi) is 2.86. The van der Waals surface area contributed by atoms with Gasteiger partial charge in [0.05, 0.1) is 18.4 Å². The van der Waals surface area contributed by atoms with E-state index in [4.69, 9.17) is 28.0 Å². The van der Waals surface area contributed by atoms with Gasteiger partial charge >= 0.3 is 0 Å². The van der Waals surface area contributed by atoms with Crippen molar-refractivity contribution in [1.29, 1.82) is 5.26 Å². The van der Waals surface area contributed by atoms with Gasteiger partial charge in [-0.05, 0) is 19.1 Å². The lowest BCUT2D eigenvalue weighted by Crippen LogP contribution is -2.00. The van der Waals surface area contributed by atoms with Gasteiger partial charge in [0.2, 0.25) is 5.05 Å². The van der Waals surface area contributed by atoms with E-state index < -0.39 is 0 Å². The van der Waals surface area contributed by atoms with Gasteiger partial charge in [-0.15, -0.1) is 11.3 Å². The summed E-state index contributed by atoms with van der Waals surface area (Å²) in [6.07, 6.45) is 0. The minimum absolute atomic E-state index is 0.340. The molecule has 0 unspecified atom stereocenters. The minimum Gasteiger partial charge on any atom is -0.486 e. The number of rotatable bonds is 1. The molecular formula is C8H8N2OS2. The highest BCUT2D eigenvalue weighted by Crippen LogP contribution is 2.30. The number of aryl methyl sites for hydroxylation is 1. The van der Waals surface area contributed by atoms with E-state index in [0.29, 0.717) is 21.2 Å². The second-order valence-corrected chi connectivity index (χ2v) is 3.97. The summed E-state index contributed by atoms with van der Waals surface area (Å²) >= 11 is 6.31. The van der Waals surface area contributed by atoms with E-state index in [2.05, 4.69) is 0 Å². The molecule has 0 spiro atoms. The molecule has 5 heteroatoms. The van der Waals surface area contributed by atoms with Crippen LogP contribution in [0.15, 0.2) is 0 Å². The highest BCUT2D eigenvalue weighted by molar-refractivity contribution is 7.80. The molecule has 13 heavy (non-hydrogen) atoms. The molecule has 0 aliphatic carbocycles. The second kappa shape index (κ2) is 3.73. The van der Waals surface area contributed by atoms with Gasteiger partial charge in [-0.3, -0.25) is 0 Å². The molecule has 0 radical (unpaired) electrons. The van der Waals surface area contributed by atoms with E-state index in [9.17, 15) is 0 Å². The second-order valence-electron chi connectivity index (χ2n) is 2.38. The molecule has 68 valence electrons. The summed E-state index contributed by atoms with van der Waals surface area (Å²) < 4.78 is 4.88. The van der Waals surface area contributed by atoms with Crippen LogP contribution in [0.4, 0.5) is 5.69 Å². The number of nitriles is 1. The fourth-order valence-electron chi connectivity index (χ4n) is 0.946. The van der Waals surface area contributed by atoms with Crippen LogP contribution in [-0.2, 0) is 4.74 Å². The van der Waals surface area contributed by atoms with E-state index in [1.165, 1.54) is 18.4 Å². The van der Waals surface area contributed by atoms with Crippen molar-refractivity contribution in [3.63, 3.8) is 0 Å². The molecule has 0 aromatic carbocycles. The fourth-order valence-corrected chi connectivity index (χ4v) is 2.12. The van der Waals surface area contributed by atoms with Crippen LogP contribution >= 0.6 is 23.6 Å². The van der Waals surface area contributed by atoms with Gasteiger partial charge in [0.15, 0.2) is 0 Å². The van der Waals surface area contributed by atoms with Gasteiger partial charge in [0, 0.05) is 4.88 Å². The average Bonchev–Trinajstić information content (AvgIpc) is 2.40. The standard InChI is InChI=1S/C8H8N2OS2/c1-4-5(3-9)6(10)7(13-4)8(12)11-2/h10H2,1-2H3. The van der Waals surface area contributed by atoms with E-state index in [1.807, 2.05) is 13.0 Å². The number of nitrogen functional groups attached to an aromatic ring is 1. The zero-order valence-electron chi connectivity index (χ0n) is 7.25. The summed E-state index contributed by atoms with van der Waals surface area (Å²) in [5.74, 6) is 0. The highest BCUT2D eigenvalue weighted by atomic mass is 32.1.